The lowest BCUT2D eigenvalue weighted by Crippen LogP contribution is -2.34. The van der Waals surface area contributed by atoms with Gasteiger partial charge in [0.15, 0.2) is 11.7 Å². The van der Waals surface area contributed by atoms with Crippen LogP contribution in [0.4, 0.5) is 5.13 Å². The van der Waals surface area contributed by atoms with Crippen LogP contribution in [-0.2, 0) is 11.3 Å². The highest BCUT2D eigenvalue weighted by atomic mass is 32.1. The molecule has 0 saturated heterocycles. The summed E-state index contributed by atoms with van der Waals surface area (Å²) in [5.41, 5.74) is 3.12. The molecule has 4 nitrogen and oxygen atoms in total. The number of carbonyl (C=O) groups excluding carboxylic acids is 1. The number of thiazole rings is 1. The average Bonchev–Trinajstić information content (AvgIpc) is 3.24. The van der Waals surface area contributed by atoms with Gasteiger partial charge in [0.05, 0.1) is 16.8 Å². The second-order valence-electron chi connectivity index (χ2n) is 7.73. The van der Waals surface area contributed by atoms with Crippen molar-refractivity contribution in [2.24, 2.45) is 0 Å². The number of carbonyl (C=O) groups is 1. The molecule has 0 aliphatic carbocycles. The predicted octanol–water partition coefficient (Wildman–Crippen LogP) is 6.37. The Morgan fingerprint density at radius 3 is 2.53 bits per heavy atom. The van der Waals surface area contributed by atoms with Gasteiger partial charge in [-0.2, -0.15) is 0 Å². The zero-order valence-corrected chi connectivity index (χ0v) is 18.5. The topological polar surface area (TPSA) is 42.4 Å². The van der Waals surface area contributed by atoms with Crippen molar-refractivity contribution in [2.75, 3.05) is 11.5 Å². The molecule has 5 heteroatoms. The molecule has 0 saturated carbocycles. The highest BCUT2D eigenvalue weighted by Gasteiger charge is 2.21. The largest absolute Gasteiger partial charge is 0.484 e. The molecule has 0 bridgehead atoms. The van der Waals surface area contributed by atoms with Gasteiger partial charge in [-0.3, -0.25) is 9.69 Å². The first-order chi connectivity index (χ1) is 15.7. The van der Waals surface area contributed by atoms with E-state index < -0.39 is 0 Å². The third kappa shape index (κ3) is 4.34. The van der Waals surface area contributed by atoms with Crippen molar-refractivity contribution in [2.45, 2.75) is 13.5 Å². The van der Waals surface area contributed by atoms with Crippen LogP contribution in [0.25, 0.3) is 21.0 Å². The summed E-state index contributed by atoms with van der Waals surface area (Å²) in [6.45, 7) is 2.45. The first-order valence-corrected chi connectivity index (χ1v) is 11.3. The molecule has 1 amide bonds. The fourth-order valence-corrected chi connectivity index (χ4v) is 4.72. The lowest BCUT2D eigenvalue weighted by atomic mass is 10.1. The zero-order chi connectivity index (χ0) is 21.9. The molecular formula is C27H22N2O2S. The number of aryl methyl sites for hydroxylation is 1. The quantitative estimate of drug-likeness (QED) is 0.309. The third-order valence-corrected chi connectivity index (χ3v) is 6.37. The summed E-state index contributed by atoms with van der Waals surface area (Å²) < 4.78 is 6.97. The minimum absolute atomic E-state index is 0.0554. The lowest BCUT2D eigenvalue weighted by Gasteiger charge is -2.20. The Balaban J connectivity index is 1.41. The van der Waals surface area contributed by atoms with E-state index in [1.807, 2.05) is 78.9 Å². The van der Waals surface area contributed by atoms with Gasteiger partial charge in [-0.05, 0) is 53.1 Å². The summed E-state index contributed by atoms with van der Waals surface area (Å²) in [6, 6.07) is 30.1. The summed E-state index contributed by atoms with van der Waals surface area (Å²) in [6.07, 6.45) is 0. The molecule has 5 aromatic rings. The van der Waals surface area contributed by atoms with Crippen molar-refractivity contribution in [3.05, 3.63) is 102 Å². The van der Waals surface area contributed by atoms with E-state index in [0.717, 1.165) is 26.6 Å². The maximum absolute atomic E-state index is 13.3. The standard InChI is InChI=1S/C27H22N2O2S/c1-19-11-14-24-25(15-19)32-27(28-24)29(17-20-7-3-2-4-8-20)26(30)18-31-23-13-12-21-9-5-6-10-22(21)16-23/h2-16H,17-18H2,1H3. The van der Waals surface area contributed by atoms with Crippen LogP contribution in [0.5, 0.6) is 5.75 Å². The lowest BCUT2D eigenvalue weighted by molar-refractivity contribution is -0.120. The molecule has 0 fully saturated rings. The first kappa shape index (κ1) is 20.2. The van der Waals surface area contributed by atoms with Crippen LogP contribution in [0.1, 0.15) is 11.1 Å². The number of ether oxygens (including phenoxy) is 1. The van der Waals surface area contributed by atoms with Gasteiger partial charge in [-0.15, -0.1) is 0 Å². The van der Waals surface area contributed by atoms with Gasteiger partial charge >= 0.3 is 0 Å². The zero-order valence-electron chi connectivity index (χ0n) is 17.7. The highest BCUT2D eigenvalue weighted by molar-refractivity contribution is 7.22. The number of fused-ring (bicyclic) bond motifs is 2. The minimum atomic E-state index is -0.127. The molecule has 1 heterocycles. The molecule has 0 aliphatic rings. The summed E-state index contributed by atoms with van der Waals surface area (Å²) in [7, 11) is 0. The van der Waals surface area contributed by atoms with Gasteiger partial charge in [-0.1, -0.05) is 78.1 Å². The van der Waals surface area contributed by atoms with Crippen LogP contribution in [0.3, 0.4) is 0 Å². The molecule has 0 radical (unpaired) electrons. The Bertz CT molecular complexity index is 1400. The number of hydrogen-bond acceptors (Lipinski definition) is 4. The summed E-state index contributed by atoms with van der Waals surface area (Å²) >= 11 is 1.53. The molecule has 0 atom stereocenters. The number of anilines is 1. The number of aromatic nitrogens is 1. The molecule has 1 aromatic heterocycles. The van der Waals surface area contributed by atoms with Crippen molar-refractivity contribution in [1.82, 2.24) is 4.98 Å². The SMILES string of the molecule is Cc1ccc2nc(N(Cc3ccccc3)C(=O)COc3ccc4ccccc4c3)sc2c1. The molecule has 0 spiro atoms. The van der Waals surface area contributed by atoms with E-state index in [2.05, 4.69) is 19.1 Å². The van der Waals surface area contributed by atoms with Gasteiger partial charge in [0, 0.05) is 0 Å². The Kier molecular flexibility index (Phi) is 5.57. The number of hydrogen-bond donors (Lipinski definition) is 0. The van der Waals surface area contributed by atoms with Crippen molar-refractivity contribution in [3.63, 3.8) is 0 Å². The first-order valence-electron chi connectivity index (χ1n) is 10.5. The Morgan fingerprint density at radius 1 is 0.906 bits per heavy atom. The number of benzene rings is 4. The third-order valence-electron chi connectivity index (χ3n) is 5.33. The van der Waals surface area contributed by atoms with Crippen LogP contribution in [0.2, 0.25) is 0 Å². The fourth-order valence-electron chi connectivity index (χ4n) is 3.64. The summed E-state index contributed by atoms with van der Waals surface area (Å²) in [4.78, 5) is 19.8. The van der Waals surface area contributed by atoms with Crippen molar-refractivity contribution >= 4 is 43.4 Å². The van der Waals surface area contributed by atoms with E-state index in [1.165, 1.54) is 16.9 Å². The van der Waals surface area contributed by atoms with E-state index in [-0.39, 0.29) is 12.5 Å². The fraction of sp³-hybridized carbons (Fsp3) is 0.111. The molecule has 0 unspecified atom stereocenters. The molecule has 4 aromatic carbocycles. The smallest absolute Gasteiger partial charge is 0.267 e. The Morgan fingerprint density at radius 2 is 1.69 bits per heavy atom. The Hall–Kier alpha value is -3.70. The minimum Gasteiger partial charge on any atom is -0.484 e. The molecule has 32 heavy (non-hydrogen) atoms. The van der Waals surface area contributed by atoms with Crippen LogP contribution in [-0.4, -0.2) is 17.5 Å². The highest BCUT2D eigenvalue weighted by Crippen LogP contribution is 2.31. The van der Waals surface area contributed by atoms with Gasteiger partial charge in [-0.25, -0.2) is 4.98 Å². The maximum atomic E-state index is 13.3. The van der Waals surface area contributed by atoms with Gasteiger partial charge in [0.2, 0.25) is 0 Å². The van der Waals surface area contributed by atoms with Gasteiger partial charge in [0.1, 0.15) is 5.75 Å². The number of nitrogens with zero attached hydrogens (tertiary/aromatic N) is 2. The Labute approximate surface area is 190 Å². The van der Waals surface area contributed by atoms with E-state index >= 15 is 0 Å². The second-order valence-corrected chi connectivity index (χ2v) is 8.74. The molecule has 158 valence electrons. The number of rotatable bonds is 6. The maximum Gasteiger partial charge on any atom is 0.267 e. The normalized spacial score (nSPS) is 11.0. The van der Waals surface area contributed by atoms with E-state index in [0.29, 0.717) is 17.4 Å². The van der Waals surface area contributed by atoms with E-state index in [9.17, 15) is 4.79 Å². The van der Waals surface area contributed by atoms with Crippen LogP contribution in [0.15, 0.2) is 91.0 Å². The van der Waals surface area contributed by atoms with Crippen molar-refractivity contribution < 1.29 is 9.53 Å². The predicted molar refractivity (Wildman–Crippen MR) is 131 cm³/mol. The summed E-state index contributed by atoms with van der Waals surface area (Å²) in [5.74, 6) is 0.550. The average molecular weight is 439 g/mol. The van der Waals surface area contributed by atoms with E-state index in [1.54, 1.807) is 4.90 Å². The molecule has 5 rings (SSSR count). The summed E-state index contributed by atoms with van der Waals surface area (Å²) in [5, 5.41) is 2.91. The number of amides is 1. The van der Waals surface area contributed by atoms with Gasteiger partial charge in [0.25, 0.3) is 5.91 Å². The second kappa shape index (κ2) is 8.81. The van der Waals surface area contributed by atoms with Crippen LogP contribution >= 0.6 is 11.3 Å². The molecule has 0 aliphatic heterocycles. The van der Waals surface area contributed by atoms with E-state index in [4.69, 9.17) is 9.72 Å². The molecular weight excluding hydrogens is 416 g/mol. The van der Waals surface area contributed by atoms with Crippen LogP contribution < -0.4 is 9.64 Å². The van der Waals surface area contributed by atoms with Crippen molar-refractivity contribution in [3.8, 4) is 5.75 Å². The van der Waals surface area contributed by atoms with Crippen LogP contribution in [0, 0.1) is 6.92 Å². The molecule has 0 N–H and O–H groups in total. The monoisotopic (exact) mass is 438 g/mol. The van der Waals surface area contributed by atoms with Crippen molar-refractivity contribution in [1.29, 1.82) is 0 Å². The van der Waals surface area contributed by atoms with Gasteiger partial charge < -0.3 is 4.74 Å².